The third-order valence-corrected chi connectivity index (χ3v) is 1.05. The molecule has 0 aliphatic carbocycles. The molecular weight excluding hydrogens is 98.1 g/mol. The highest BCUT2D eigenvalue weighted by Crippen LogP contribution is 2.01. The molecule has 0 aliphatic heterocycles. The van der Waals surface area contributed by atoms with Gasteiger partial charge in [0.25, 0.3) is 0 Å². The molecule has 0 fully saturated rings. The van der Waals surface area contributed by atoms with Crippen LogP contribution in [0.1, 0.15) is 20.3 Å². The van der Waals surface area contributed by atoms with Crippen molar-refractivity contribution >= 4 is 0 Å². The summed E-state index contributed by atoms with van der Waals surface area (Å²) >= 11 is 0. The lowest BCUT2D eigenvalue weighted by Gasteiger charge is -2.07. The Morgan fingerprint density at radius 2 is 2.12 bits per heavy atom. The average Bonchev–Trinajstić information content (AvgIpc) is 1.65. The molecule has 0 aromatic heterocycles. The molecule has 0 unspecified atom stereocenters. The molecule has 0 aromatic rings. The second-order valence-electron chi connectivity index (χ2n) is 2.53. The van der Waals surface area contributed by atoms with Gasteiger partial charge in [0.2, 0.25) is 0 Å². The molecule has 0 radical (unpaired) electrons. The van der Waals surface area contributed by atoms with Gasteiger partial charge in [-0.1, -0.05) is 19.9 Å². The van der Waals surface area contributed by atoms with Crippen molar-refractivity contribution in [2.45, 2.75) is 26.3 Å². The van der Waals surface area contributed by atoms with Crippen LogP contribution >= 0.6 is 0 Å². The highest BCUT2D eigenvalue weighted by Gasteiger charge is 1.98. The zero-order chi connectivity index (χ0) is 6.57. The molecule has 48 valence electrons. The molecule has 0 bridgehead atoms. The van der Waals surface area contributed by atoms with Crippen molar-refractivity contribution in [2.24, 2.45) is 11.7 Å². The topological polar surface area (TPSA) is 26.0 Å². The summed E-state index contributed by atoms with van der Waals surface area (Å²) in [6.07, 6.45) is 2.84. The quantitative estimate of drug-likeness (QED) is 0.552. The molecule has 0 amide bonds. The first-order chi connectivity index (χ1) is 3.66. The minimum atomic E-state index is 0.190. The van der Waals surface area contributed by atoms with E-state index in [-0.39, 0.29) is 6.04 Å². The van der Waals surface area contributed by atoms with E-state index in [1.807, 2.05) is 0 Å². The molecule has 0 aliphatic rings. The molecular formula is C7H15N. The largest absolute Gasteiger partial charge is 0.324 e. The summed E-state index contributed by atoms with van der Waals surface area (Å²) in [6.45, 7) is 7.90. The Labute approximate surface area is 51.6 Å². The van der Waals surface area contributed by atoms with Crippen LogP contribution in [0.5, 0.6) is 0 Å². The van der Waals surface area contributed by atoms with E-state index in [1.54, 1.807) is 6.08 Å². The fraction of sp³-hybridized carbons (Fsp3) is 0.714. The predicted molar refractivity (Wildman–Crippen MR) is 37.6 cm³/mol. The van der Waals surface area contributed by atoms with Gasteiger partial charge in [-0.15, -0.1) is 6.58 Å². The maximum atomic E-state index is 5.56. The summed E-state index contributed by atoms with van der Waals surface area (Å²) in [4.78, 5) is 0. The summed E-state index contributed by atoms with van der Waals surface area (Å²) in [5, 5.41) is 0. The molecule has 0 saturated heterocycles. The van der Waals surface area contributed by atoms with E-state index in [4.69, 9.17) is 5.73 Å². The van der Waals surface area contributed by atoms with Gasteiger partial charge in [-0.25, -0.2) is 0 Å². The molecule has 2 N–H and O–H groups in total. The van der Waals surface area contributed by atoms with Crippen molar-refractivity contribution in [3.63, 3.8) is 0 Å². The Hall–Kier alpha value is -0.300. The third kappa shape index (κ3) is 3.88. The fourth-order valence-electron chi connectivity index (χ4n) is 0.641. The lowest BCUT2D eigenvalue weighted by atomic mass is 10.1. The van der Waals surface area contributed by atoms with Crippen LogP contribution in [0.4, 0.5) is 0 Å². The molecule has 8 heavy (non-hydrogen) atoms. The van der Waals surface area contributed by atoms with Crippen LogP contribution < -0.4 is 5.73 Å². The first kappa shape index (κ1) is 7.70. The van der Waals surface area contributed by atoms with Crippen LogP contribution in [0, 0.1) is 5.92 Å². The Kier molecular flexibility index (Phi) is 3.53. The molecule has 0 rings (SSSR count). The van der Waals surface area contributed by atoms with E-state index in [1.165, 1.54) is 0 Å². The number of nitrogens with two attached hydrogens (primary N) is 1. The van der Waals surface area contributed by atoms with Gasteiger partial charge in [0.05, 0.1) is 0 Å². The van der Waals surface area contributed by atoms with Crippen LogP contribution in [0.15, 0.2) is 12.7 Å². The molecule has 0 heterocycles. The minimum Gasteiger partial charge on any atom is -0.324 e. The normalized spacial score (nSPS) is 14.0. The Bertz CT molecular complexity index is 66.8. The van der Waals surface area contributed by atoms with Gasteiger partial charge in [0.1, 0.15) is 0 Å². The number of rotatable bonds is 3. The summed E-state index contributed by atoms with van der Waals surface area (Å²) < 4.78 is 0. The predicted octanol–water partition coefficient (Wildman–Crippen LogP) is 1.55. The average molecular weight is 113 g/mol. The first-order valence-electron chi connectivity index (χ1n) is 3.05. The zero-order valence-electron chi connectivity index (χ0n) is 5.72. The van der Waals surface area contributed by atoms with Crippen LogP contribution in [0.25, 0.3) is 0 Å². The maximum Gasteiger partial charge on any atom is 0.0223 e. The van der Waals surface area contributed by atoms with Gasteiger partial charge in [0, 0.05) is 6.04 Å². The van der Waals surface area contributed by atoms with Crippen LogP contribution in [0.2, 0.25) is 0 Å². The SMILES string of the molecule is C=C[C@@H](N)CC(C)C. The van der Waals surface area contributed by atoms with E-state index < -0.39 is 0 Å². The van der Waals surface area contributed by atoms with Crippen molar-refractivity contribution in [2.75, 3.05) is 0 Å². The van der Waals surface area contributed by atoms with Crippen molar-refractivity contribution in [1.29, 1.82) is 0 Å². The van der Waals surface area contributed by atoms with Gasteiger partial charge in [0.15, 0.2) is 0 Å². The third-order valence-electron chi connectivity index (χ3n) is 1.05. The standard InChI is InChI=1S/C7H15N/c1-4-7(8)5-6(2)3/h4,6-7H,1,5,8H2,2-3H3/t7-/m1/s1. The fourth-order valence-corrected chi connectivity index (χ4v) is 0.641. The summed E-state index contributed by atoms with van der Waals surface area (Å²) in [5.41, 5.74) is 5.56. The highest BCUT2D eigenvalue weighted by atomic mass is 14.6. The van der Waals surface area contributed by atoms with E-state index >= 15 is 0 Å². The van der Waals surface area contributed by atoms with Crippen LogP contribution in [-0.4, -0.2) is 6.04 Å². The Morgan fingerprint density at radius 3 is 2.25 bits per heavy atom. The highest BCUT2D eigenvalue weighted by molar-refractivity contribution is 4.82. The van der Waals surface area contributed by atoms with Gasteiger partial charge in [-0.2, -0.15) is 0 Å². The van der Waals surface area contributed by atoms with Crippen molar-refractivity contribution < 1.29 is 0 Å². The van der Waals surface area contributed by atoms with E-state index in [0.717, 1.165) is 6.42 Å². The number of hydrogen-bond donors (Lipinski definition) is 1. The molecule has 0 aromatic carbocycles. The lowest BCUT2D eigenvalue weighted by Crippen LogP contribution is -2.18. The van der Waals surface area contributed by atoms with Crippen molar-refractivity contribution in [3.8, 4) is 0 Å². The molecule has 0 saturated carbocycles. The van der Waals surface area contributed by atoms with E-state index in [2.05, 4.69) is 20.4 Å². The van der Waals surface area contributed by atoms with Gasteiger partial charge >= 0.3 is 0 Å². The number of hydrogen-bond acceptors (Lipinski definition) is 1. The Balaban J connectivity index is 3.23. The first-order valence-corrected chi connectivity index (χ1v) is 3.05. The summed E-state index contributed by atoms with van der Waals surface area (Å²) in [7, 11) is 0. The van der Waals surface area contributed by atoms with E-state index in [9.17, 15) is 0 Å². The molecule has 1 nitrogen and oxygen atoms in total. The second-order valence-corrected chi connectivity index (χ2v) is 2.53. The zero-order valence-corrected chi connectivity index (χ0v) is 5.72. The monoisotopic (exact) mass is 113 g/mol. The lowest BCUT2D eigenvalue weighted by molar-refractivity contribution is 0.547. The Morgan fingerprint density at radius 1 is 1.62 bits per heavy atom. The smallest absolute Gasteiger partial charge is 0.0223 e. The van der Waals surface area contributed by atoms with Crippen LogP contribution in [-0.2, 0) is 0 Å². The summed E-state index contributed by atoms with van der Waals surface area (Å²) in [5.74, 6) is 0.683. The van der Waals surface area contributed by atoms with Gasteiger partial charge in [-0.3, -0.25) is 0 Å². The summed E-state index contributed by atoms with van der Waals surface area (Å²) in [6, 6.07) is 0.190. The molecule has 1 heteroatoms. The van der Waals surface area contributed by atoms with Crippen LogP contribution in [0.3, 0.4) is 0 Å². The second kappa shape index (κ2) is 3.67. The molecule has 1 atom stereocenters. The maximum absolute atomic E-state index is 5.56. The van der Waals surface area contributed by atoms with Gasteiger partial charge < -0.3 is 5.73 Å². The van der Waals surface area contributed by atoms with Gasteiger partial charge in [-0.05, 0) is 12.3 Å². The molecule has 0 spiro atoms. The van der Waals surface area contributed by atoms with E-state index in [0.29, 0.717) is 5.92 Å². The van der Waals surface area contributed by atoms with Crippen molar-refractivity contribution in [3.05, 3.63) is 12.7 Å². The minimum absolute atomic E-state index is 0.190. The van der Waals surface area contributed by atoms with Crippen molar-refractivity contribution in [1.82, 2.24) is 0 Å².